The Balaban J connectivity index is 2.02. The summed E-state index contributed by atoms with van der Waals surface area (Å²) < 4.78 is 6.79. The molecule has 4 nitrogen and oxygen atoms in total. The average molecular weight is 314 g/mol. The van der Waals surface area contributed by atoms with Crippen LogP contribution in [0.4, 0.5) is 5.82 Å². The van der Waals surface area contributed by atoms with E-state index >= 15 is 0 Å². The van der Waals surface area contributed by atoms with Crippen molar-refractivity contribution in [3.8, 4) is 5.88 Å². The van der Waals surface area contributed by atoms with Crippen molar-refractivity contribution in [1.82, 2.24) is 9.97 Å². The number of hydrogen-bond acceptors (Lipinski definition) is 4. The quantitative estimate of drug-likeness (QED) is 0.925. The summed E-state index contributed by atoms with van der Waals surface area (Å²) >= 11 is 3.48. The average Bonchev–Trinajstić information content (AvgIpc) is 2.34. The molecule has 0 bridgehead atoms. The van der Waals surface area contributed by atoms with Crippen molar-refractivity contribution in [2.45, 2.75) is 45.6 Å². The van der Waals surface area contributed by atoms with E-state index in [9.17, 15) is 0 Å². The predicted molar refractivity (Wildman–Crippen MR) is 75.9 cm³/mol. The van der Waals surface area contributed by atoms with E-state index < -0.39 is 0 Å². The highest BCUT2D eigenvalue weighted by atomic mass is 79.9. The molecule has 1 aromatic heterocycles. The Bertz CT molecular complexity index is 413. The van der Waals surface area contributed by atoms with E-state index in [1.165, 1.54) is 19.2 Å². The molecule has 1 saturated carbocycles. The molecular weight excluding hydrogens is 294 g/mol. The molecule has 1 aliphatic carbocycles. The zero-order valence-corrected chi connectivity index (χ0v) is 12.7. The van der Waals surface area contributed by atoms with Gasteiger partial charge in [0, 0.05) is 7.05 Å². The third-order valence-electron chi connectivity index (χ3n) is 3.56. The highest BCUT2D eigenvalue weighted by Gasteiger charge is 2.28. The molecule has 1 aliphatic rings. The Labute approximate surface area is 117 Å². The lowest BCUT2D eigenvalue weighted by Gasteiger charge is -2.34. The molecule has 0 amide bonds. The van der Waals surface area contributed by atoms with Gasteiger partial charge in [-0.15, -0.1) is 0 Å². The standard InChI is InChI=1S/C13H20BrN3O/c1-13(2)6-4-9(5-7-13)18-12-10(14)11(15-3)16-8-17-12/h8-9H,4-7H2,1-3H3,(H,15,16,17). The van der Waals surface area contributed by atoms with Crippen LogP contribution in [-0.4, -0.2) is 23.1 Å². The van der Waals surface area contributed by atoms with Crippen LogP contribution >= 0.6 is 15.9 Å². The van der Waals surface area contributed by atoms with Gasteiger partial charge in [0.2, 0.25) is 5.88 Å². The van der Waals surface area contributed by atoms with Crippen LogP contribution in [0, 0.1) is 5.41 Å². The van der Waals surface area contributed by atoms with Crippen LogP contribution in [-0.2, 0) is 0 Å². The van der Waals surface area contributed by atoms with Crippen molar-refractivity contribution < 1.29 is 4.74 Å². The van der Waals surface area contributed by atoms with Crippen molar-refractivity contribution in [1.29, 1.82) is 0 Å². The van der Waals surface area contributed by atoms with Gasteiger partial charge in [-0.25, -0.2) is 9.97 Å². The van der Waals surface area contributed by atoms with E-state index in [1.54, 1.807) is 0 Å². The SMILES string of the molecule is CNc1ncnc(OC2CCC(C)(C)CC2)c1Br. The van der Waals surface area contributed by atoms with Gasteiger partial charge in [0.25, 0.3) is 0 Å². The number of halogens is 1. The topological polar surface area (TPSA) is 47.0 Å². The lowest BCUT2D eigenvalue weighted by atomic mass is 9.76. The third-order valence-corrected chi connectivity index (χ3v) is 4.27. The molecule has 100 valence electrons. The maximum Gasteiger partial charge on any atom is 0.233 e. The lowest BCUT2D eigenvalue weighted by Crippen LogP contribution is -2.28. The molecule has 5 heteroatoms. The highest BCUT2D eigenvalue weighted by molar-refractivity contribution is 9.10. The first-order valence-electron chi connectivity index (χ1n) is 6.37. The summed E-state index contributed by atoms with van der Waals surface area (Å²) in [5.41, 5.74) is 0.457. The van der Waals surface area contributed by atoms with E-state index in [0.717, 1.165) is 23.1 Å². The van der Waals surface area contributed by atoms with E-state index in [4.69, 9.17) is 4.74 Å². The molecule has 0 spiro atoms. The number of aromatic nitrogens is 2. The number of nitrogens with zero attached hydrogens (tertiary/aromatic N) is 2. The van der Waals surface area contributed by atoms with Gasteiger partial charge in [-0.2, -0.15) is 0 Å². The van der Waals surface area contributed by atoms with Gasteiger partial charge in [-0.3, -0.25) is 0 Å². The van der Waals surface area contributed by atoms with Gasteiger partial charge in [0.05, 0.1) is 0 Å². The number of nitrogens with one attached hydrogen (secondary N) is 1. The first kappa shape index (κ1) is 13.6. The fraction of sp³-hybridized carbons (Fsp3) is 0.692. The lowest BCUT2D eigenvalue weighted by molar-refractivity contribution is 0.0941. The summed E-state index contributed by atoms with van der Waals surface area (Å²) in [6.45, 7) is 4.64. The predicted octanol–water partition coefficient (Wildman–Crippen LogP) is 3.63. The van der Waals surface area contributed by atoms with E-state index in [1.807, 2.05) is 7.05 Å². The van der Waals surface area contributed by atoms with Crippen LogP contribution in [0.25, 0.3) is 0 Å². The fourth-order valence-electron chi connectivity index (χ4n) is 2.26. The molecule has 0 aromatic carbocycles. The molecule has 1 heterocycles. The number of rotatable bonds is 3. The van der Waals surface area contributed by atoms with E-state index in [-0.39, 0.29) is 6.10 Å². The summed E-state index contributed by atoms with van der Waals surface area (Å²) in [6.07, 6.45) is 6.40. The van der Waals surface area contributed by atoms with Crippen molar-refractivity contribution in [2.75, 3.05) is 12.4 Å². The largest absolute Gasteiger partial charge is 0.473 e. The molecule has 1 N–H and O–H groups in total. The first-order chi connectivity index (χ1) is 8.52. The molecule has 1 fully saturated rings. The zero-order chi connectivity index (χ0) is 13.2. The molecule has 1 aromatic rings. The van der Waals surface area contributed by atoms with Crippen molar-refractivity contribution >= 4 is 21.7 Å². The first-order valence-corrected chi connectivity index (χ1v) is 7.16. The Kier molecular flexibility index (Phi) is 4.10. The van der Waals surface area contributed by atoms with Gasteiger partial charge in [0.15, 0.2) is 0 Å². The molecular formula is C13H20BrN3O. The van der Waals surface area contributed by atoms with Gasteiger partial charge >= 0.3 is 0 Å². The minimum absolute atomic E-state index is 0.272. The van der Waals surface area contributed by atoms with E-state index in [0.29, 0.717) is 11.3 Å². The smallest absolute Gasteiger partial charge is 0.233 e. The Morgan fingerprint density at radius 1 is 1.33 bits per heavy atom. The molecule has 0 atom stereocenters. The number of ether oxygens (including phenoxy) is 1. The normalized spacial score (nSPS) is 19.6. The summed E-state index contributed by atoms with van der Waals surface area (Å²) in [4.78, 5) is 8.32. The van der Waals surface area contributed by atoms with Crippen molar-refractivity contribution in [2.24, 2.45) is 5.41 Å². The van der Waals surface area contributed by atoms with E-state index in [2.05, 4.69) is 45.1 Å². The summed E-state index contributed by atoms with van der Waals surface area (Å²) in [7, 11) is 1.83. The maximum absolute atomic E-state index is 5.98. The Hall–Kier alpha value is -0.840. The van der Waals surface area contributed by atoms with Crippen LogP contribution in [0.1, 0.15) is 39.5 Å². The molecule has 18 heavy (non-hydrogen) atoms. The number of anilines is 1. The fourth-order valence-corrected chi connectivity index (χ4v) is 2.76. The second-order valence-electron chi connectivity index (χ2n) is 5.57. The molecule has 0 radical (unpaired) electrons. The zero-order valence-electron chi connectivity index (χ0n) is 11.2. The van der Waals surface area contributed by atoms with Crippen molar-refractivity contribution in [3.05, 3.63) is 10.8 Å². The number of hydrogen-bond donors (Lipinski definition) is 1. The van der Waals surface area contributed by atoms with Crippen LogP contribution in [0.5, 0.6) is 5.88 Å². The monoisotopic (exact) mass is 313 g/mol. The minimum atomic E-state index is 0.272. The van der Waals surface area contributed by atoms with Gasteiger partial charge in [-0.05, 0) is 47.0 Å². The maximum atomic E-state index is 5.98. The van der Waals surface area contributed by atoms with Crippen LogP contribution in [0.3, 0.4) is 0 Å². The summed E-state index contributed by atoms with van der Waals surface area (Å²) in [5, 5.41) is 3.01. The summed E-state index contributed by atoms with van der Waals surface area (Å²) in [6, 6.07) is 0. The summed E-state index contributed by atoms with van der Waals surface area (Å²) in [5.74, 6) is 1.40. The molecule has 0 aliphatic heterocycles. The van der Waals surface area contributed by atoms with Gasteiger partial charge in [-0.1, -0.05) is 13.8 Å². The molecule has 2 rings (SSSR count). The Morgan fingerprint density at radius 2 is 2.00 bits per heavy atom. The second kappa shape index (κ2) is 5.43. The van der Waals surface area contributed by atoms with Crippen LogP contribution < -0.4 is 10.1 Å². The minimum Gasteiger partial charge on any atom is -0.473 e. The highest BCUT2D eigenvalue weighted by Crippen LogP contribution is 2.37. The van der Waals surface area contributed by atoms with Gasteiger partial charge < -0.3 is 10.1 Å². The van der Waals surface area contributed by atoms with Crippen molar-refractivity contribution in [3.63, 3.8) is 0 Å². The Morgan fingerprint density at radius 3 is 2.61 bits per heavy atom. The van der Waals surface area contributed by atoms with Crippen LogP contribution in [0.2, 0.25) is 0 Å². The molecule has 0 saturated heterocycles. The molecule has 0 unspecified atom stereocenters. The second-order valence-corrected chi connectivity index (χ2v) is 6.37. The third kappa shape index (κ3) is 3.13. The van der Waals surface area contributed by atoms with Crippen LogP contribution in [0.15, 0.2) is 10.8 Å². The van der Waals surface area contributed by atoms with Gasteiger partial charge in [0.1, 0.15) is 22.7 Å².